The topological polar surface area (TPSA) is 76.2 Å². The van der Waals surface area contributed by atoms with Crippen molar-refractivity contribution in [3.8, 4) is 22.5 Å². The van der Waals surface area contributed by atoms with Crippen LogP contribution in [-0.2, 0) is 36.7 Å². The van der Waals surface area contributed by atoms with Gasteiger partial charge in [-0.2, -0.15) is 0 Å². The first-order chi connectivity index (χ1) is 23.6. The number of aromatic nitrogens is 2. The Morgan fingerprint density at radius 3 is 2.08 bits per heavy atom. The van der Waals surface area contributed by atoms with Crippen LogP contribution < -0.4 is 0 Å². The molecule has 0 amide bonds. The molecule has 0 aliphatic heterocycles. The molecule has 5 rings (SSSR count). The fourth-order valence-corrected chi connectivity index (χ4v) is 6.24. The van der Waals surface area contributed by atoms with E-state index in [1.165, 1.54) is 28.0 Å². The Kier molecular flexibility index (Phi) is 14.2. The minimum atomic E-state index is -0.337. The summed E-state index contributed by atoms with van der Waals surface area (Å²) in [5.74, 6) is 0.844. The molecule has 2 heterocycles. The van der Waals surface area contributed by atoms with Crippen molar-refractivity contribution < 1.29 is 34.4 Å². The van der Waals surface area contributed by atoms with Crippen LogP contribution in [-0.4, -0.2) is 20.9 Å². The van der Waals surface area contributed by atoms with Gasteiger partial charge in [-0.15, -0.1) is 29.1 Å². The molecule has 0 unspecified atom stereocenters. The number of aliphatic hydroxyl groups is 1. The maximum Gasteiger partial charge on any atom is 0.164 e. The van der Waals surface area contributed by atoms with Gasteiger partial charge in [0, 0.05) is 53.7 Å². The van der Waals surface area contributed by atoms with Crippen molar-refractivity contribution in [1.82, 2.24) is 9.97 Å². The van der Waals surface area contributed by atoms with E-state index in [1.54, 1.807) is 12.6 Å². The van der Waals surface area contributed by atoms with E-state index in [0.717, 1.165) is 65.6 Å². The zero-order valence-electron chi connectivity index (χ0n) is 32.5. The largest absolute Gasteiger partial charge is 0.512 e. The summed E-state index contributed by atoms with van der Waals surface area (Å²) in [4.78, 5) is 21.4. The molecule has 0 atom stereocenters. The molecule has 0 saturated heterocycles. The fraction of sp³-hybridized carbons (Fsp3) is 0.444. The number of furan rings is 1. The molecule has 0 aliphatic carbocycles. The van der Waals surface area contributed by atoms with Crippen molar-refractivity contribution in [2.75, 3.05) is 0 Å². The van der Waals surface area contributed by atoms with Crippen LogP contribution in [0.2, 0.25) is 0 Å². The predicted molar refractivity (Wildman–Crippen MR) is 209 cm³/mol. The molecule has 3 aromatic carbocycles. The molecule has 0 fully saturated rings. The van der Waals surface area contributed by atoms with E-state index in [1.807, 2.05) is 41.5 Å². The number of carbonyl (C=O) groups excluding carboxylic acids is 1. The third-order valence-electron chi connectivity index (χ3n) is 10.7. The zero-order valence-corrected chi connectivity index (χ0v) is 34.9. The van der Waals surface area contributed by atoms with E-state index in [-0.39, 0.29) is 47.9 Å². The van der Waals surface area contributed by atoms with Gasteiger partial charge in [-0.25, -0.2) is 4.98 Å². The Bertz CT molecular complexity index is 1960. The van der Waals surface area contributed by atoms with Crippen molar-refractivity contribution in [2.45, 2.75) is 114 Å². The van der Waals surface area contributed by atoms with Crippen LogP contribution in [0.3, 0.4) is 0 Å². The van der Waals surface area contributed by atoms with E-state index in [2.05, 4.69) is 105 Å². The summed E-state index contributed by atoms with van der Waals surface area (Å²) in [6.07, 6.45) is 9.17. The smallest absolute Gasteiger partial charge is 0.164 e. The third-order valence-corrected chi connectivity index (χ3v) is 10.7. The van der Waals surface area contributed by atoms with Crippen LogP contribution in [0.5, 0.6) is 0 Å². The fourth-order valence-electron chi connectivity index (χ4n) is 6.24. The minimum absolute atomic E-state index is 0. The Labute approximate surface area is 319 Å². The zero-order chi connectivity index (χ0) is 36.9. The molecule has 275 valence electrons. The molecule has 6 heteroatoms. The van der Waals surface area contributed by atoms with Crippen molar-refractivity contribution in [3.05, 3.63) is 96.2 Å². The molecule has 1 radical (unpaired) electrons. The van der Waals surface area contributed by atoms with Gasteiger partial charge in [0.2, 0.25) is 0 Å². The van der Waals surface area contributed by atoms with Gasteiger partial charge in [-0.3, -0.25) is 9.78 Å². The van der Waals surface area contributed by atoms with Crippen LogP contribution in [0.1, 0.15) is 113 Å². The van der Waals surface area contributed by atoms with Crippen molar-refractivity contribution in [1.29, 1.82) is 0 Å². The number of benzene rings is 3. The third kappa shape index (κ3) is 9.64. The van der Waals surface area contributed by atoms with Gasteiger partial charge in [-0.05, 0) is 73.3 Å². The Hall–Kier alpha value is -3.60. The quantitative estimate of drug-likeness (QED) is 0.0813. The van der Waals surface area contributed by atoms with Crippen LogP contribution >= 0.6 is 0 Å². The average molecular weight is 866 g/mol. The maximum absolute atomic E-state index is 12.2. The number of fused-ring (bicyclic) bond motifs is 2. The summed E-state index contributed by atoms with van der Waals surface area (Å²) in [6.45, 7) is 23.3. The number of allylic oxidation sites excluding steroid dienone is 2. The average Bonchev–Trinajstić information content (AvgIpc) is 3.59. The van der Waals surface area contributed by atoms with E-state index in [4.69, 9.17) is 4.42 Å². The molecule has 1 N–H and O–H groups in total. The van der Waals surface area contributed by atoms with E-state index in [9.17, 15) is 9.90 Å². The number of nitrogens with zero attached hydrogens (tertiary/aromatic N) is 2. The van der Waals surface area contributed by atoms with E-state index < -0.39 is 0 Å². The van der Waals surface area contributed by atoms with Gasteiger partial charge < -0.3 is 9.52 Å². The summed E-state index contributed by atoms with van der Waals surface area (Å²) in [5, 5.41) is 13.7. The SMILES string of the molecule is CC(C)Cc1cc(-c2cc(-c3[c-]c4ccccc4c(C(C)(C)C)c3)ncn2)cc2occc12.CCC(C)(CC)C(=O)/C=C(\O)C(C)(CC)CC.[Ir]. The minimum Gasteiger partial charge on any atom is -0.512 e. The molecule has 0 bridgehead atoms. The molecule has 2 aromatic heterocycles. The Morgan fingerprint density at radius 2 is 1.47 bits per heavy atom. The van der Waals surface area contributed by atoms with Gasteiger partial charge in [0.25, 0.3) is 0 Å². The normalized spacial score (nSPS) is 12.5. The van der Waals surface area contributed by atoms with Gasteiger partial charge in [0.1, 0.15) is 17.7 Å². The number of hydrogen-bond donors (Lipinski definition) is 1. The molecule has 5 nitrogen and oxygen atoms in total. The summed E-state index contributed by atoms with van der Waals surface area (Å²) in [6, 6.07) is 22.7. The molecule has 51 heavy (non-hydrogen) atoms. The number of carbonyl (C=O) groups is 1. The molecular formula is C45H57IrN2O3-. The molecule has 0 saturated carbocycles. The van der Waals surface area contributed by atoms with Crippen LogP contribution in [0, 0.1) is 22.8 Å². The first-order valence-corrected chi connectivity index (χ1v) is 18.3. The number of hydrogen-bond acceptors (Lipinski definition) is 5. The van der Waals surface area contributed by atoms with Crippen LogP contribution in [0.4, 0.5) is 0 Å². The number of rotatable bonds is 11. The van der Waals surface area contributed by atoms with E-state index in [0.29, 0.717) is 5.92 Å². The van der Waals surface area contributed by atoms with Crippen LogP contribution in [0.15, 0.2) is 83.4 Å². The maximum atomic E-state index is 12.2. The molecule has 0 spiro atoms. The van der Waals surface area contributed by atoms with E-state index >= 15 is 0 Å². The summed E-state index contributed by atoms with van der Waals surface area (Å²) in [7, 11) is 0. The Balaban J connectivity index is 0.000000335. The summed E-state index contributed by atoms with van der Waals surface area (Å²) >= 11 is 0. The van der Waals surface area contributed by atoms with Crippen molar-refractivity contribution in [2.24, 2.45) is 16.7 Å². The standard InChI is InChI=1S/C30H29N2O.C15H28O2.Ir/c1-19(2)12-21-14-23(16-29-25(21)10-11-33-29)28-17-27(31-18-32-28)22-13-20-8-6-7-9-24(20)26(15-22)30(3,4)5;1-7-14(5,8-2)12(16)11-13(17)15(6,9-3)10-4;/h6-11,14-19H,12H2,1-5H3;11,16H,7-10H2,1-6H3;/q-1;;/b;12-11-;. The van der Waals surface area contributed by atoms with Gasteiger partial charge >= 0.3 is 0 Å². The molecule has 5 aromatic rings. The summed E-state index contributed by atoms with van der Waals surface area (Å²) < 4.78 is 5.77. The molecule has 0 aliphatic rings. The molecular weight excluding hydrogens is 809 g/mol. The first kappa shape index (κ1) is 41.8. The van der Waals surface area contributed by atoms with Gasteiger partial charge in [-0.1, -0.05) is 105 Å². The predicted octanol–water partition coefficient (Wildman–Crippen LogP) is 12.7. The van der Waals surface area contributed by atoms with Crippen LogP contribution in [0.25, 0.3) is 44.3 Å². The van der Waals surface area contributed by atoms with Crippen molar-refractivity contribution in [3.63, 3.8) is 0 Å². The van der Waals surface area contributed by atoms with Crippen molar-refractivity contribution >= 4 is 27.5 Å². The second kappa shape index (κ2) is 17.3. The van der Waals surface area contributed by atoms with Gasteiger partial charge in [0.15, 0.2) is 5.78 Å². The number of aliphatic hydroxyl groups excluding tert-OH is 1. The summed E-state index contributed by atoms with van der Waals surface area (Å²) in [5.41, 5.74) is 6.70. The Morgan fingerprint density at radius 1 is 0.843 bits per heavy atom. The second-order valence-corrected chi connectivity index (χ2v) is 15.7. The first-order valence-electron chi connectivity index (χ1n) is 18.3. The van der Waals surface area contributed by atoms with Gasteiger partial charge in [0.05, 0.1) is 12.0 Å². The number of ketones is 1. The monoisotopic (exact) mass is 866 g/mol. The second-order valence-electron chi connectivity index (χ2n) is 15.7.